The van der Waals surface area contributed by atoms with E-state index < -0.39 is 16.1 Å². The van der Waals surface area contributed by atoms with Crippen LogP contribution in [0.5, 0.6) is 5.75 Å². The standard InChI is InChI=1S/C23H30N2O4S/c1-16(29-19-10-7-9-18(14-19)23(2,3)4)22(26)24-21-11-6-8-17-15-25(30(5,27)28)13-12-20(17)21/h6-11,14,16H,12-13,15H2,1-5H3,(H,24,26). The summed E-state index contributed by atoms with van der Waals surface area (Å²) in [5, 5.41) is 2.96. The molecule has 162 valence electrons. The normalized spacial score (nSPS) is 15.9. The summed E-state index contributed by atoms with van der Waals surface area (Å²) < 4.78 is 31.0. The Kier molecular flexibility index (Phi) is 6.24. The number of carbonyl (C=O) groups excluding carboxylic acids is 1. The first-order valence-electron chi connectivity index (χ1n) is 10.1. The molecule has 6 nitrogen and oxygen atoms in total. The molecule has 0 aliphatic carbocycles. The predicted molar refractivity (Wildman–Crippen MR) is 119 cm³/mol. The van der Waals surface area contributed by atoms with E-state index in [-0.39, 0.29) is 11.3 Å². The molecule has 0 bridgehead atoms. The van der Waals surface area contributed by atoms with E-state index in [1.54, 1.807) is 6.92 Å². The Morgan fingerprint density at radius 2 is 1.87 bits per heavy atom. The van der Waals surface area contributed by atoms with Crippen LogP contribution in [0.2, 0.25) is 0 Å². The minimum Gasteiger partial charge on any atom is -0.481 e. The summed E-state index contributed by atoms with van der Waals surface area (Å²) in [5.74, 6) is 0.416. The Balaban J connectivity index is 1.71. The van der Waals surface area contributed by atoms with Gasteiger partial charge in [-0.3, -0.25) is 4.79 Å². The summed E-state index contributed by atoms with van der Waals surface area (Å²) >= 11 is 0. The number of nitrogens with zero attached hydrogens (tertiary/aromatic N) is 1. The molecule has 0 radical (unpaired) electrons. The maximum atomic E-state index is 12.8. The predicted octanol–water partition coefficient (Wildman–Crippen LogP) is 3.71. The van der Waals surface area contributed by atoms with Crippen molar-refractivity contribution in [3.05, 3.63) is 59.2 Å². The Hall–Kier alpha value is -2.38. The van der Waals surface area contributed by atoms with E-state index in [2.05, 4.69) is 26.1 Å². The van der Waals surface area contributed by atoms with Gasteiger partial charge in [0.15, 0.2) is 6.10 Å². The number of ether oxygens (including phenoxy) is 1. The molecular weight excluding hydrogens is 400 g/mol. The third-order valence-corrected chi connectivity index (χ3v) is 6.59. The first-order valence-corrected chi connectivity index (χ1v) is 11.9. The second kappa shape index (κ2) is 8.40. The molecule has 3 rings (SSSR count). The first kappa shape index (κ1) is 22.3. The molecule has 0 spiro atoms. The van der Waals surface area contributed by atoms with Crippen LogP contribution in [0.15, 0.2) is 42.5 Å². The summed E-state index contributed by atoms with van der Waals surface area (Å²) in [6.07, 6.45) is 1.10. The van der Waals surface area contributed by atoms with Crippen molar-refractivity contribution in [2.75, 3.05) is 18.1 Å². The highest BCUT2D eigenvalue weighted by atomic mass is 32.2. The van der Waals surface area contributed by atoms with Gasteiger partial charge in [0, 0.05) is 18.8 Å². The lowest BCUT2D eigenvalue weighted by molar-refractivity contribution is -0.122. The number of hydrogen-bond acceptors (Lipinski definition) is 4. The average Bonchev–Trinajstić information content (AvgIpc) is 2.66. The summed E-state index contributed by atoms with van der Waals surface area (Å²) in [4.78, 5) is 12.8. The number of anilines is 1. The molecule has 1 amide bonds. The topological polar surface area (TPSA) is 75.7 Å². The monoisotopic (exact) mass is 430 g/mol. The minimum atomic E-state index is -3.24. The van der Waals surface area contributed by atoms with Crippen LogP contribution >= 0.6 is 0 Å². The fourth-order valence-corrected chi connectivity index (χ4v) is 4.31. The Bertz CT molecular complexity index is 1040. The molecule has 0 saturated carbocycles. The zero-order chi connectivity index (χ0) is 22.1. The van der Waals surface area contributed by atoms with Crippen molar-refractivity contribution < 1.29 is 17.9 Å². The van der Waals surface area contributed by atoms with Crippen LogP contribution in [-0.4, -0.2) is 37.5 Å². The lowest BCUT2D eigenvalue weighted by atomic mass is 9.87. The molecule has 1 unspecified atom stereocenters. The van der Waals surface area contributed by atoms with Gasteiger partial charge in [0.25, 0.3) is 5.91 Å². The van der Waals surface area contributed by atoms with Crippen molar-refractivity contribution >= 4 is 21.6 Å². The molecule has 2 aromatic rings. The van der Waals surface area contributed by atoms with Crippen LogP contribution < -0.4 is 10.1 Å². The second-order valence-corrected chi connectivity index (χ2v) is 10.8. The van der Waals surface area contributed by atoms with Gasteiger partial charge < -0.3 is 10.1 Å². The number of sulfonamides is 1. The number of rotatable bonds is 5. The highest BCUT2D eigenvalue weighted by Gasteiger charge is 2.26. The van der Waals surface area contributed by atoms with Gasteiger partial charge in [0.1, 0.15) is 5.75 Å². The number of amides is 1. The van der Waals surface area contributed by atoms with E-state index in [9.17, 15) is 13.2 Å². The van der Waals surface area contributed by atoms with Crippen LogP contribution in [0.25, 0.3) is 0 Å². The fraction of sp³-hybridized carbons (Fsp3) is 0.435. The van der Waals surface area contributed by atoms with Crippen LogP contribution in [0.3, 0.4) is 0 Å². The van der Waals surface area contributed by atoms with E-state index in [1.165, 1.54) is 10.6 Å². The van der Waals surface area contributed by atoms with Gasteiger partial charge in [-0.1, -0.05) is 45.0 Å². The lowest BCUT2D eigenvalue weighted by Gasteiger charge is -2.28. The van der Waals surface area contributed by atoms with E-state index in [4.69, 9.17) is 4.74 Å². The summed E-state index contributed by atoms with van der Waals surface area (Å²) in [5.41, 5.74) is 3.74. The average molecular weight is 431 g/mol. The number of nitrogens with one attached hydrogen (secondary N) is 1. The van der Waals surface area contributed by atoms with Crippen LogP contribution in [0.4, 0.5) is 5.69 Å². The highest BCUT2D eigenvalue weighted by molar-refractivity contribution is 7.88. The molecule has 30 heavy (non-hydrogen) atoms. The molecule has 1 aliphatic rings. The van der Waals surface area contributed by atoms with Gasteiger partial charge >= 0.3 is 0 Å². The van der Waals surface area contributed by atoms with Gasteiger partial charge in [-0.2, -0.15) is 4.31 Å². The van der Waals surface area contributed by atoms with Gasteiger partial charge in [-0.05, 0) is 53.6 Å². The van der Waals surface area contributed by atoms with Crippen molar-refractivity contribution in [3.8, 4) is 5.75 Å². The minimum absolute atomic E-state index is 0.00613. The second-order valence-electron chi connectivity index (χ2n) is 8.82. The Morgan fingerprint density at radius 1 is 1.17 bits per heavy atom. The van der Waals surface area contributed by atoms with Crippen molar-refractivity contribution in [2.45, 2.75) is 52.2 Å². The number of carbonyl (C=O) groups is 1. The maximum absolute atomic E-state index is 12.8. The van der Waals surface area contributed by atoms with Crippen molar-refractivity contribution in [1.29, 1.82) is 0 Å². The fourth-order valence-electron chi connectivity index (χ4n) is 3.51. The van der Waals surface area contributed by atoms with Crippen molar-refractivity contribution in [2.24, 2.45) is 0 Å². The van der Waals surface area contributed by atoms with E-state index >= 15 is 0 Å². The van der Waals surface area contributed by atoms with E-state index in [0.29, 0.717) is 30.9 Å². The zero-order valence-corrected chi connectivity index (χ0v) is 19.0. The van der Waals surface area contributed by atoms with Crippen molar-refractivity contribution in [1.82, 2.24) is 4.31 Å². The summed E-state index contributed by atoms with van der Waals surface area (Å²) in [6, 6.07) is 13.4. The molecule has 0 saturated heterocycles. The SMILES string of the molecule is CC(Oc1cccc(C(C)(C)C)c1)C(=O)Nc1cccc2c1CCN(S(C)(=O)=O)C2. The number of benzene rings is 2. The molecule has 1 aliphatic heterocycles. The maximum Gasteiger partial charge on any atom is 0.265 e. The van der Waals surface area contributed by atoms with Gasteiger partial charge in [-0.15, -0.1) is 0 Å². The third kappa shape index (κ3) is 5.21. The molecule has 2 aromatic carbocycles. The Labute approximate surface area is 179 Å². The largest absolute Gasteiger partial charge is 0.481 e. The Morgan fingerprint density at radius 3 is 2.53 bits per heavy atom. The molecular formula is C23H30N2O4S. The summed E-state index contributed by atoms with van der Waals surface area (Å²) in [6.45, 7) is 8.84. The van der Waals surface area contributed by atoms with E-state index in [0.717, 1.165) is 16.7 Å². The number of fused-ring (bicyclic) bond motifs is 1. The van der Waals surface area contributed by atoms with Gasteiger partial charge in [0.05, 0.1) is 6.26 Å². The third-order valence-electron chi connectivity index (χ3n) is 5.34. The molecule has 0 aromatic heterocycles. The zero-order valence-electron chi connectivity index (χ0n) is 18.2. The first-order chi connectivity index (χ1) is 13.9. The molecule has 0 fully saturated rings. The van der Waals surface area contributed by atoms with Gasteiger partial charge in [-0.25, -0.2) is 8.42 Å². The van der Waals surface area contributed by atoms with Gasteiger partial charge in [0.2, 0.25) is 10.0 Å². The molecule has 1 N–H and O–H groups in total. The van der Waals surface area contributed by atoms with E-state index in [1.807, 2.05) is 42.5 Å². The highest BCUT2D eigenvalue weighted by Crippen LogP contribution is 2.28. The van der Waals surface area contributed by atoms with Crippen LogP contribution in [-0.2, 0) is 33.2 Å². The van der Waals surface area contributed by atoms with Crippen LogP contribution in [0.1, 0.15) is 44.4 Å². The number of hydrogen-bond donors (Lipinski definition) is 1. The quantitative estimate of drug-likeness (QED) is 0.785. The molecule has 7 heteroatoms. The summed E-state index contributed by atoms with van der Waals surface area (Å²) in [7, 11) is -3.24. The molecule has 1 heterocycles. The van der Waals surface area contributed by atoms with Crippen molar-refractivity contribution in [3.63, 3.8) is 0 Å². The lowest BCUT2D eigenvalue weighted by Crippen LogP contribution is -2.36. The van der Waals surface area contributed by atoms with Crippen LogP contribution in [0, 0.1) is 0 Å². The smallest absolute Gasteiger partial charge is 0.265 e. The molecule has 1 atom stereocenters.